The summed E-state index contributed by atoms with van der Waals surface area (Å²) in [4.78, 5) is 13.1. The maximum atomic E-state index is 13.6. The van der Waals surface area contributed by atoms with Crippen LogP contribution in [0.2, 0.25) is 5.02 Å². The zero-order valence-corrected chi connectivity index (χ0v) is 23.2. The quantitative estimate of drug-likeness (QED) is 0.226. The summed E-state index contributed by atoms with van der Waals surface area (Å²) in [5.74, 6) is -0.562. The number of nitrogens with one attached hydrogen (secondary N) is 1. The molecule has 0 unspecified atom stereocenters. The minimum atomic E-state index is -4.00. The van der Waals surface area contributed by atoms with Crippen molar-refractivity contribution in [2.45, 2.75) is 32.6 Å². The molecule has 0 radical (unpaired) electrons. The second kappa shape index (κ2) is 11.2. The number of anilines is 1. The van der Waals surface area contributed by atoms with Crippen molar-refractivity contribution >= 4 is 39.4 Å². The van der Waals surface area contributed by atoms with Gasteiger partial charge in [-0.1, -0.05) is 41.9 Å². The molecule has 9 heteroatoms. The van der Waals surface area contributed by atoms with Crippen LogP contribution < -0.4 is 9.73 Å². The summed E-state index contributed by atoms with van der Waals surface area (Å²) in [6.45, 7) is 7.20. The molecule has 3 aromatic carbocycles. The molecule has 0 saturated heterocycles. The Balaban J connectivity index is 1.57. The van der Waals surface area contributed by atoms with E-state index in [0.717, 1.165) is 38.1 Å². The topological polar surface area (TPSA) is 83.8 Å². The number of amides is 1. The first kappa shape index (κ1) is 27.2. The number of nitrogens with zero attached hydrogens (tertiary/aromatic N) is 3. The summed E-state index contributed by atoms with van der Waals surface area (Å²) in [7, 11) is -4.00. The number of halogens is 1. The molecular weight excluding hydrogens is 520 g/mol. The van der Waals surface area contributed by atoms with E-state index in [1.54, 1.807) is 30.5 Å². The van der Waals surface area contributed by atoms with Gasteiger partial charge in [0, 0.05) is 27.7 Å². The summed E-state index contributed by atoms with van der Waals surface area (Å²) in [6.07, 6.45) is 1.56. The minimum absolute atomic E-state index is 0.104. The number of rotatable bonds is 8. The van der Waals surface area contributed by atoms with E-state index in [1.807, 2.05) is 70.2 Å². The van der Waals surface area contributed by atoms with Crippen molar-refractivity contribution in [3.05, 3.63) is 112 Å². The number of sulfonamides is 1. The smallest absolute Gasteiger partial charge is 0.264 e. The van der Waals surface area contributed by atoms with Crippen LogP contribution in [0.3, 0.4) is 0 Å². The first-order valence-electron chi connectivity index (χ1n) is 12.0. The molecule has 1 N–H and O–H groups in total. The van der Waals surface area contributed by atoms with Crippen LogP contribution in [0.5, 0.6) is 0 Å². The van der Waals surface area contributed by atoms with Crippen LogP contribution in [-0.2, 0) is 14.8 Å². The third-order valence-electron chi connectivity index (χ3n) is 6.20. The highest BCUT2D eigenvalue weighted by Gasteiger charge is 2.28. The normalized spacial score (nSPS) is 11.6. The molecule has 196 valence electrons. The lowest BCUT2D eigenvalue weighted by Gasteiger charge is -2.25. The predicted molar refractivity (Wildman–Crippen MR) is 153 cm³/mol. The molecule has 38 heavy (non-hydrogen) atoms. The molecule has 0 aliphatic carbocycles. The fraction of sp³-hybridized carbons (Fsp3) is 0.172. The average molecular weight is 549 g/mol. The van der Waals surface area contributed by atoms with E-state index < -0.39 is 22.5 Å². The SMILES string of the molecule is Cc1ccc(C)c(N(CC(=O)N/N=C\c2cc(C)n(-c3ccc(Cl)cc3)c2C)S(=O)(=O)c2ccccc2)c1. The van der Waals surface area contributed by atoms with Crippen molar-refractivity contribution in [3.63, 3.8) is 0 Å². The lowest BCUT2D eigenvalue weighted by atomic mass is 10.1. The Kier molecular flexibility index (Phi) is 8.04. The van der Waals surface area contributed by atoms with Crippen molar-refractivity contribution in [1.82, 2.24) is 9.99 Å². The summed E-state index contributed by atoms with van der Waals surface area (Å²) in [5.41, 5.74) is 8.27. The molecule has 0 fully saturated rings. The molecule has 0 aliphatic heterocycles. The Morgan fingerprint density at radius 1 is 0.974 bits per heavy atom. The lowest BCUT2D eigenvalue weighted by molar-refractivity contribution is -0.119. The van der Waals surface area contributed by atoms with Crippen molar-refractivity contribution in [2.75, 3.05) is 10.8 Å². The standard InChI is InChI=1S/C29H29ClN4O3S/c1-20-10-11-21(2)28(16-20)33(38(36,37)27-8-6-5-7-9-27)19-29(35)32-31-18-24-17-22(3)34(23(24)4)26-14-12-25(30)13-15-26/h5-18H,19H2,1-4H3,(H,32,35)/b31-18-. The highest BCUT2D eigenvalue weighted by Crippen LogP contribution is 2.28. The molecule has 1 amide bonds. The van der Waals surface area contributed by atoms with Gasteiger partial charge in [-0.25, -0.2) is 13.8 Å². The number of hydrogen-bond acceptors (Lipinski definition) is 4. The number of hydrazone groups is 1. The van der Waals surface area contributed by atoms with Gasteiger partial charge in [-0.2, -0.15) is 5.10 Å². The Bertz CT molecular complexity index is 1600. The summed E-state index contributed by atoms with van der Waals surface area (Å²) < 4.78 is 30.3. The number of aromatic nitrogens is 1. The Labute approximate surface area is 228 Å². The molecule has 1 heterocycles. The number of aryl methyl sites for hydroxylation is 3. The van der Waals surface area contributed by atoms with Crippen molar-refractivity contribution in [3.8, 4) is 5.69 Å². The minimum Gasteiger partial charge on any atom is -0.318 e. The first-order valence-corrected chi connectivity index (χ1v) is 13.8. The number of carbonyl (C=O) groups is 1. The molecule has 0 aliphatic rings. The van der Waals surface area contributed by atoms with Crippen molar-refractivity contribution < 1.29 is 13.2 Å². The lowest BCUT2D eigenvalue weighted by Crippen LogP contribution is -2.40. The molecule has 7 nitrogen and oxygen atoms in total. The Morgan fingerprint density at radius 2 is 1.66 bits per heavy atom. The predicted octanol–water partition coefficient (Wildman–Crippen LogP) is 5.71. The molecule has 4 rings (SSSR count). The van der Waals surface area contributed by atoms with Crippen LogP contribution in [0.4, 0.5) is 5.69 Å². The van der Waals surface area contributed by atoms with E-state index in [-0.39, 0.29) is 4.90 Å². The highest BCUT2D eigenvalue weighted by molar-refractivity contribution is 7.92. The third-order valence-corrected chi connectivity index (χ3v) is 8.23. The van der Waals surface area contributed by atoms with Gasteiger partial charge in [0.1, 0.15) is 6.54 Å². The number of hydrogen-bond donors (Lipinski definition) is 1. The van der Waals surface area contributed by atoms with E-state index in [0.29, 0.717) is 10.7 Å². The van der Waals surface area contributed by atoms with Gasteiger partial charge < -0.3 is 4.57 Å². The molecule has 0 spiro atoms. The first-order chi connectivity index (χ1) is 18.1. The molecule has 1 aromatic heterocycles. The number of benzene rings is 3. The maximum absolute atomic E-state index is 13.6. The number of carbonyl (C=O) groups excluding carboxylic acids is 1. The van der Waals surface area contributed by atoms with Gasteiger partial charge >= 0.3 is 0 Å². The molecule has 0 atom stereocenters. The van der Waals surface area contributed by atoms with Crippen LogP contribution in [0.25, 0.3) is 5.69 Å². The molecule has 4 aromatic rings. The highest BCUT2D eigenvalue weighted by atomic mass is 35.5. The van der Waals surface area contributed by atoms with Crippen molar-refractivity contribution in [1.29, 1.82) is 0 Å². The molecule has 0 saturated carbocycles. The van der Waals surface area contributed by atoms with Gasteiger partial charge in [0.2, 0.25) is 0 Å². The Morgan fingerprint density at radius 3 is 2.34 bits per heavy atom. The second-order valence-corrected chi connectivity index (χ2v) is 11.3. The van der Waals surface area contributed by atoms with Crippen molar-refractivity contribution in [2.24, 2.45) is 5.10 Å². The summed E-state index contributed by atoms with van der Waals surface area (Å²) >= 11 is 6.02. The monoisotopic (exact) mass is 548 g/mol. The Hall–Kier alpha value is -3.88. The summed E-state index contributed by atoms with van der Waals surface area (Å²) in [6, 6.07) is 23.1. The third kappa shape index (κ3) is 5.82. The van der Waals surface area contributed by atoms with Gasteiger partial charge in [-0.05, 0) is 87.4 Å². The van der Waals surface area contributed by atoms with Crippen LogP contribution >= 0.6 is 11.6 Å². The fourth-order valence-corrected chi connectivity index (χ4v) is 5.88. The van der Waals surface area contributed by atoms with E-state index in [4.69, 9.17) is 11.6 Å². The van der Waals surface area contributed by atoms with Crippen LogP contribution in [0, 0.1) is 27.7 Å². The van der Waals surface area contributed by atoms with E-state index in [1.165, 1.54) is 12.1 Å². The van der Waals surface area contributed by atoms with Crippen LogP contribution in [0.1, 0.15) is 28.1 Å². The fourth-order valence-electron chi connectivity index (χ4n) is 4.25. The largest absolute Gasteiger partial charge is 0.318 e. The van der Waals surface area contributed by atoms with E-state index in [9.17, 15) is 13.2 Å². The second-order valence-electron chi connectivity index (χ2n) is 9.05. The molecule has 0 bridgehead atoms. The van der Waals surface area contributed by atoms with Gasteiger partial charge in [0.05, 0.1) is 16.8 Å². The zero-order valence-electron chi connectivity index (χ0n) is 21.6. The molecular formula is C29H29ClN4O3S. The maximum Gasteiger partial charge on any atom is 0.264 e. The van der Waals surface area contributed by atoms with Gasteiger partial charge in [-0.3, -0.25) is 9.10 Å². The summed E-state index contributed by atoms with van der Waals surface area (Å²) in [5, 5.41) is 4.78. The van der Waals surface area contributed by atoms with Crippen LogP contribution in [0.15, 0.2) is 88.9 Å². The average Bonchev–Trinajstić information content (AvgIpc) is 3.17. The van der Waals surface area contributed by atoms with Crippen LogP contribution in [-0.4, -0.2) is 31.7 Å². The van der Waals surface area contributed by atoms with E-state index in [2.05, 4.69) is 15.1 Å². The van der Waals surface area contributed by atoms with E-state index >= 15 is 0 Å². The van der Waals surface area contributed by atoms with Gasteiger partial charge in [0.25, 0.3) is 15.9 Å². The van der Waals surface area contributed by atoms with Gasteiger partial charge in [0.15, 0.2) is 0 Å². The van der Waals surface area contributed by atoms with Gasteiger partial charge in [-0.15, -0.1) is 0 Å². The zero-order chi connectivity index (χ0) is 27.4.